The van der Waals surface area contributed by atoms with Gasteiger partial charge in [-0.3, -0.25) is 4.79 Å². The Morgan fingerprint density at radius 2 is 1.71 bits per heavy atom. The number of carboxylic acid groups (broad SMARTS) is 1. The third-order valence-corrected chi connectivity index (χ3v) is 0. The molecule has 2 N–H and O–H groups in total. The summed E-state index contributed by atoms with van der Waals surface area (Å²) < 4.78 is 0. The lowest BCUT2D eigenvalue weighted by atomic mass is 11.7. The van der Waals surface area contributed by atoms with E-state index in [4.69, 9.17) is 25.2 Å². The molecular weight excluding hydrogens is 106 g/mol. The zero-order valence-corrected chi connectivity index (χ0v) is 3.14. The minimum Gasteiger partial charge on any atom is -0.483 e. The first-order chi connectivity index (χ1) is 3.15. The highest BCUT2D eigenvalue weighted by molar-refractivity contribution is 5.32. The van der Waals surface area contributed by atoms with Gasteiger partial charge in [-0.2, -0.15) is 0 Å². The van der Waals surface area contributed by atoms with Crippen molar-refractivity contribution in [3.05, 3.63) is 10.1 Å². The summed E-state index contributed by atoms with van der Waals surface area (Å²) in [6, 6.07) is 0. The Hall–Kier alpha value is -1.33. The lowest BCUT2D eigenvalue weighted by molar-refractivity contribution is -0.742. The third kappa shape index (κ3) is 18.8. The zero-order chi connectivity index (χ0) is 6.28. The summed E-state index contributed by atoms with van der Waals surface area (Å²) in [6.07, 6.45) is 0. The van der Waals surface area contributed by atoms with Crippen molar-refractivity contribution in [1.29, 1.82) is 0 Å². The van der Waals surface area contributed by atoms with Crippen LogP contribution in [-0.2, 0) is 4.79 Å². The summed E-state index contributed by atoms with van der Waals surface area (Å²) in [5.41, 5.74) is 0. The summed E-state index contributed by atoms with van der Waals surface area (Å²) in [5.74, 6) is 0. The molecule has 0 saturated carbocycles. The van der Waals surface area contributed by atoms with E-state index in [-0.39, 0.29) is 6.47 Å². The molecule has 6 nitrogen and oxygen atoms in total. The summed E-state index contributed by atoms with van der Waals surface area (Å²) >= 11 is 0. The molecule has 7 heavy (non-hydrogen) atoms. The summed E-state index contributed by atoms with van der Waals surface area (Å²) in [4.78, 5) is 16.7. The van der Waals surface area contributed by atoms with Crippen LogP contribution in [-0.4, -0.2) is 21.9 Å². The monoisotopic (exact) mass is 109 g/mol. The minimum absolute atomic E-state index is 0.250. The highest BCUT2D eigenvalue weighted by Crippen LogP contribution is 1.38. The molecule has 0 radical (unpaired) electrons. The molecule has 0 amide bonds. The summed E-state index contributed by atoms with van der Waals surface area (Å²) in [7, 11) is 0. The molecule has 0 aliphatic heterocycles. The quantitative estimate of drug-likeness (QED) is 0.244. The Labute approximate surface area is 38.1 Å². The van der Waals surface area contributed by atoms with Crippen molar-refractivity contribution in [2.45, 2.75) is 0 Å². The Bertz CT molecular complexity index is 55.1. The van der Waals surface area contributed by atoms with Crippen molar-refractivity contribution in [2.75, 3.05) is 0 Å². The standard InChI is InChI=1S/CH2O2.HNO3/c2-1-3;2-1(3)4/h1H,(H,2,3);(H,2,3,4). The van der Waals surface area contributed by atoms with Crippen molar-refractivity contribution < 1.29 is 20.2 Å². The second-order valence-electron chi connectivity index (χ2n) is 0.343. The Morgan fingerprint density at radius 3 is 1.71 bits per heavy atom. The van der Waals surface area contributed by atoms with Gasteiger partial charge in [0.1, 0.15) is 0 Å². The SMILES string of the molecule is O=CO.O=[N+]([O-])O. The molecule has 0 atom stereocenters. The van der Waals surface area contributed by atoms with Crippen LogP contribution in [0.15, 0.2) is 0 Å². The second kappa shape index (κ2) is 8.82. The van der Waals surface area contributed by atoms with Crippen LogP contribution >= 0.6 is 0 Å². The van der Waals surface area contributed by atoms with E-state index in [0.29, 0.717) is 0 Å². The largest absolute Gasteiger partial charge is 0.483 e. The fraction of sp³-hybridized carbons (Fsp3) is 0. The fourth-order valence-corrected chi connectivity index (χ4v) is 0. The van der Waals surface area contributed by atoms with Crippen LogP contribution in [0.3, 0.4) is 0 Å². The second-order valence-corrected chi connectivity index (χ2v) is 0.343. The van der Waals surface area contributed by atoms with Crippen LogP contribution in [0.4, 0.5) is 0 Å². The molecule has 0 aromatic carbocycles. The van der Waals surface area contributed by atoms with Crippen LogP contribution in [0, 0.1) is 10.1 Å². The predicted octanol–water partition coefficient (Wildman–Crippen LogP) is -0.647. The highest BCUT2D eigenvalue weighted by Gasteiger charge is 1.65. The lowest BCUT2D eigenvalue weighted by Gasteiger charge is -1.56. The molecule has 42 valence electrons. The van der Waals surface area contributed by atoms with E-state index in [0.717, 1.165) is 0 Å². The smallest absolute Gasteiger partial charge is 0.291 e. The minimum atomic E-state index is -1.50. The number of hydrogen-bond donors (Lipinski definition) is 2. The average molecular weight is 109 g/mol. The number of carbonyl (C=O) groups is 1. The Kier molecular flexibility index (Phi) is 11.6. The van der Waals surface area contributed by atoms with Gasteiger partial charge in [0, 0.05) is 0 Å². The van der Waals surface area contributed by atoms with E-state index in [9.17, 15) is 0 Å². The molecule has 0 unspecified atom stereocenters. The van der Waals surface area contributed by atoms with Crippen molar-refractivity contribution >= 4 is 6.47 Å². The predicted molar refractivity (Wildman–Crippen MR) is 17.5 cm³/mol. The first-order valence-electron chi connectivity index (χ1n) is 1.06. The molecule has 0 bridgehead atoms. The summed E-state index contributed by atoms with van der Waals surface area (Å²) in [5, 5.41) is 20.5. The molecule has 6 heteroatoms. The van der Waals surface area contributed by atoms with Crippen LogP contribution < -0.4 is 0 Å². The van der Waals surface area contributed by atoms with Crippen molar-refractivity contribution in [1.82, 2.24) is 0 Å². The van der Waals surface area contributed by atoms with E-state index in [2.05, 4.69) is 0 Å². The van der Waals surface area contributed by atoms with Crippen LogP contribution in [0.25, 0.3) is 0 Å². The highest BCUT2D eigenvalue weighted by atomic mass is 16.9. The van der Waals surface area contributed by atoms with Gasteiger partial charge in [0.2, 0.25) is 0 Å². The maximum Gasteiger partial charge on any atom is 0.291 e. The van der Waals surface area contributed by atoms with Crippen molar-refractivity contribution in [2.24, 2.45) is 0 Å². The average Bonchev–Trinajstić information content (AvgIpc) is 1.33. The molecule has 0 aromatic rings. The first-order valence-corrected chi connectivity index (χ1v) is 1.06. The fourth-order valence-electron chi connectivity index (χ4n) is 0. The molecule has 0 rings (SSSR count). The van der Waals surface area contributed by atoms with Crippen molar-refractivity contribution in [3.63, 3.8) is 0 Å². The van der Waals surface area contributed by atoms with E-state index >= 15 is 0 Å². The van der Waals surface area contributed by atoms with Crippen molar-refractivity contribution in [3.8, 4) is 0 Å². The number of hydrogen-bond acceptors (Lipinski definition) is 3. The third-order valence-electron chi connectivity index (χ3n) is 0. The van der Waals surface area contributed by atoms with Gasteiger partial charge in [0.05, 0.1) is 0 Å². The Balaban J connectivity index is 0. The van der Waals surface area contributed by atoms with Gasteiger partial charge < -0.3 is 10.3 Å². The topological polar surface area (TPSA) is 101 Å². The van der Waals surface area contributed by atoms with Gasteiger partial charge in [0.15, 0.2) is 0 Å². The van der Waals surface area contributed by atoms with Gasteiger partial charge >= 0.3 is 0 Å². The van der Waals surface area contributed by atoms with Gasteiger partial charge in [-0.25, -0.2) is 0 Å². The van der Waals surface area contributed by atoms with Crippen LogP contribution in [0.1, 0.15) is 0 Å². The summed E-state index contributed by atoms with van der Waals surface area (Å²) in [6.45, 7) is -0.250. The molecule has 0 spiro atoms. The maximum absolute atomic E-state index is 8.36. The van der Waals surface area contributed by atoms with Gasteiger partial charge in [0.25, 0.3) is 11.6 Å². The molecule has 0 aromatic heterocycles. The Morgan fingerprint density at radius 1 is 1.71 bits per heavy atom. The van der Waals surface area contributed by atoms with Gasteiger partial charge in [-0.15, -0.1) is 10.1 Å². The molecule has 0 saturated heterocycles. The maximum atomic E-state index is 8.36. The number of nitrogens with zero attached hydrogens (tertiary/aromatic N) is 1. The van der Waals surface area contributed by atoms with Gasteiger partial charge in [-0.1, -0.05) is 0 Å². The van der Waals surface area contributed by atoms with E-state index in [1.807, 2.05) is 0 Å². The normalized spacial score (nSPS) is 5.14. The van der Waals surface area contributed by atoms with E-state index in [1.54, 1.807) is 0 Å². The van der Waals surface area contributed by atoms with Crippen LogP contribution in [0.5, 0.6) is 0 Å². The molecule has 0 aliphatic carbocycles. The molecular formula is CH3NO5. The lowest BCUT2D eigenvalue weighted by Crippen LogP contribution is -1.81. The van der Waals surface area contributed by atoms with Gasteiger partial charge in [-0.05, 0) is 0 Å². The zero-order valence-electron chi connectivity index (χ0n) is 3.14. The van der Waals surface area contributed by atoms with E-state index in [1.165, 1.54) is 0 Å². The van der Waals surface area contributed by atoms with Crippen LogP contribution in [0.2, 0.25) is 0 Å². The molecule has 0 heterocycles. The van der Waals surface area contributed by atoms with E-state index < -0.39 is 5.09 Å². The molecule has 0 fully saturated rings. The number of rotatable bonds is 0. The molecule has 0 aliphatic rings. The first kappa shape index (κ1) is 9.18.